The molecular weight excluding hydrogens is 298 g/mol. The smallest absolute Gasteiger partial charge is 0.208 e. The maximum Gasteiger partial charge on any atom is 0.208 e. The number of benzene rings is 1. The topological polar surface area (TPSA) is 37.2 Å². The second-order valence-electron chi connectivity index (χ2n) is 6.61. The van der Waals surface area contributed by atoms with Crippen LogP contribution in [-0.2, 0) is 6.54 Å². The minimum atomic E-state index is 0.821. The number of anilines is 2. The number of hydrogen-bond acceptors (Lipinski definition) is 4. The average molecular weight is 321 g/mol. The van der Waals surface area contributed by atoms with Crippen LogP contribution in [-0.4, -0.2) is 41.7 Å². The fraction of sp³-hybridized carbons (Fsp3) is 0.368. The third-order valence-electron chi connectivity index (χ3n) is 4.66. The van der Waals surface area contributed by atoms with Crippen LogP contribution in [0.5, 0.6) is 0 Å². The summed E-state index contributed by atoms with van der Waals surface area (Å²) in [7, 11) is 4.09. The highest BCUT2D eigenvalue weighted by Crippen LogP contribution is 2.27. The predicted molar refractivity (Wildman–Crippen MR) is 98.8 cm³/mol. The van der Waals surface area contributed by atoms with Crippen molar-refractivity contribution in [1.29, 1.82) is 0 Å². The first kappa shape index (κ1) is 15.0. The molecule has 0 atom stereocenters. The number of aromatic nitrogens is 3. The van der Waals surface area contributed by atoms with Gasteiger partial charge in [-0.2, -0.15) is 4.98 Å². The Labute approximate surface area is 142 Å². The molecule has 0 unspecified atom stereocenters. The number of pyridine rings is 1. The maximum atomic E-state index is 4.85. The minimum Gasteiger partial charge on any atom is -0.376 e. The van der Waals surface area contributed by atoms with Gasteiger partial charge < -0.3 is 14.4 Å². The summed E-state index contributed by atoms with van der Waals surface area (Å²) in [5, 5.41) is 0. The summed E-state index contributed by atoms with van der Waals surface area (Å²) in [6, 6.07) is 12.8. The summed E-state index contributed by atoms with van der Waals surface area (Å²) in [5.74, 6) is 1.05. The molecule has 4 rings (SSSR count). The molecule has 1 aliphatic rings. The molecule has 1 fully saturated rings. The van der Waals surface area contributed by atoms with E-state index in [0.717, 1.165) is 42.4 Å². The first-order valence-electron chi connectivity index (χ1n) is 8.55. The molecule has 2 aromatic heterocycles. The van der Waals surface area contributed by atoms with Crippen LogP contribution in [0.1, 0.15) is 18.4 Å². The van der Waals surface area contributed by atoms with E-state index in [1.807, 2.05) is 20.3 Å². The molecule has 3 heterocycles. The molecule has 5 nitrogen and oxygen atoms in total. The van der Waals surface area contributed by atoms with Crippen LogP contribution in [0, 0.1) is 0 Å². The Morgan fingerprint density at radius 2 is 1.83 bits per heavy atom. The lowest BCUT2D eigenvalue weighted by atomic mass is 10.2. The Morgan fingerprint density at radius 1 is 1.08 bits per heavy atom. The Hall–Kier alpha value is -2.56. The number of hydrogen-bond donors (Lipinski definition) is 0. The predicted octanol–water partition coefficient (Wildman–Crippen LogP) is 3.15. The normalized spacial score (nSPS) is 14.5. The lowest BCUT2D eigenvalue weighted by Gasteiger charge is -2.19. The summed E-state index contributed by atoms with van der Waals surface area (Å²) in [6.45, 7) is 2.99. The summed E-state index contributed by atoms with van der Waals surface area (Å²) in [5.41, 5.74) is 4.32. The van der Waals surface area contributed by atoms with Crippen LogP contribution in [0.2, 0.25) is 0 Å². The first-order chi connectivity index (χ1) is 11.7. The van der Waals surface area contributed by atoms with E-state index >= 15 is 0 Å². The van der Waals surface area contributed by atoms with Gasteiger partial charge in [-0.1, -0.05) is 30.3 Å². The van der Waals surface area contributed by atoms with Gasteiger partial charge in [0.25, 0.3) is 0 Å². The van der Waals surface area contributed by atoms with Gasteiger partial charge in [-0.15, -0.1) is 0 Å². The zero-order valence-electron chi connectivity index (χ0n) is 14.3. The summed E-state index contributed by atoms with van der Waals surface area (Å²) in [6.07, 6.45) is 4.38. The fourth-order valence-electron chi connectivity index (χ4n) is 3.31. The van der Waals surface area contributed by atoms with Gasteiger partial charge in [-0.25, -0.2) is 4.98 Å². The van der Waals surface area contributed by atoms with Gasteiger partial charge in [0.05, 0.1) is 23.9 Å². The van der Waals surface area contributed by atoms with E-state index in [-0.39, 0.29) is 0 Å². The highest BCUT2D eigenvalue weighted by Gasteiger charge is 2.21. The highest BCUT2D eigenvalue weighted by atomic mass is 15.3. The van der Waals surface area contributed by atoms with Gasteiger partial charge in [0, 0.05) is 27.2 Å². The molecule has 24 heavy (non-hydrogen) atoms. The number of nitrogens with zero attached hydrogens (tertiary/aromatic N) is 5. The van der Waals surface area contributed by atoms with E-state index in [2.05, 4.69) is 55.7 Å². The Balaban J connectivity index is 1.84. The number of fused-ring (bicyclic) bond motifs is 1. The third kappa shape index (κ3) is 2.70. The van der Waals surface area contributed by atoms with Crippen molar-refractivity contribution < 1.29 is 0 Å². The molecule has 0 aliphatic carbocycles. The summed E-state index contributed by atoms with van der Waals surface area (Å²) >= 11 is 0. The SMILES string of the molecule is CN(C)c1cnc2nc(N3CCCC3)n(Cc3ccccc3)c2c1. The van der Waals surface area contributed by atoms with E-state index in [4.69, 9.17) is 4.98 Å². The van der Waals surface area contributed by atoms with Gasteiger partial charge in [0.1, 0.15) is 0 Å². The number of rotatable bonds is 4. The van der Waals surface area contributed by atoms with Crippen LogP contribution >= 0.6 is 0 Å². The van der Waals surface area contributed by atoms with Crippen molar-refractivity contribution in [3.63, 3.8) is 0 Å². The van der Waals surface area contributed by atoms with Crippen molar-refractivity contribution >= 4 is 22.8 Å². The highest BCUT2D eigenvalue weighted by molar-refractivity contribution is 5.79. The van der Waals surface area contributed by atoms with Crippen LogP contribution in [0.4, 0.5) is 11.6 Å². The van der Waals surface area contributed by atoms with Crippen molar-refractivity contribution in [3.05, 3.63) is 48.2 Å². The molecule has 0 N–H and O–H groups in total. The molecular formula is C19H23N5. The van der Waals surface area contributed by atoms with Crippen LogP contribution in [0.3, 0.4) is 0 Å². The van der Waals surface area contributed by atoms with Gasteiger partial charge >= 0.3 is 0 Å². The Bertz CT molecular complexity index is 832. The van der Waals surface area contributed by atoms with Crippen LogP contribution < -0.4 is 9.80 Å². The van der Waals surface area contributed by atoms with E-state index < -0.39 is 0 Å². The lowest BCUT2D eigenvalue weighted by Crippen LogP contribution is -2.22. The fourth-order valence-corrected chi connectivity index (χ4v) is 3.31. The summed E-state index contributed by atoms with van der Waals surface area (Å²) in [4.78, 5) is 13.9. The minimum absolute atomic E-state index is 0.821. The number of imidazole rings is 1. The molecule has 0 radical (unpaired) electrons. The van der Waals surface area contributed by atoms with E-state index in [1.165, 1.54) is 18.4 Å². The van der Waals surface area contributed by atoms with Crippen molar-refractivity contribution in [1.82, 2.24) is 14.5 Å². The molecule has 3 aromatic rings. The quantitative estimate of drug-likeness (QED) is 0.740. The van der Waals surface area contributed by atoms with Gasteiger partial charge in [0.2, 0.25) is 5.95 Å². The largest absolute Gasteiger partial charge is 0.376 e. The second-order valence-corrected chi connectivity index (χ2v) is 6.61. The first-order valence-corrected chi connectivity index (χ1v) is 8.55. The van der Waals surface area contributed by atoms with Gasteiger partial charge in [-0.05, 0) is 24.5 Å². The van der Waals surface area contributed by atoms with Crippen molar-refractivity contribution in [2.24, 2.45) is 0 Å². The molecule has 0 amide bonds. The van der Waals surface area contributed by atoms with E-state index in [9.17, 15) is 0 Å². The average Bonchev–Trinajstić information content (AvgIpc) is 3.23. The van der Waals surface area contributed by atoms with Gasteiger partial charge in [0.15, 0.2) is 5.65 Å². The second kappa shape index (κ2) is 6.15. The zero-order chi connectivity index (χ0) is 16.5. The molecule has 0 spiro atoms. The standard InChI is InChI=1S/C19H23N5/c1-22(2)16-12-17-18(20-13-16)21-19(23-10-6-7-11-23)24(17)14-15-8-4-3-5-9-15/h3-5,8-9,12-13H,6-7,10-11,14H2,1-2H3. The Kier molecular flexibility index (Phi) is 3.84. The molecule has 0 saturated carbocycles. The van der Waals surface area contributed by atoms with Crippen LogP contribution in [0.15, 0.2) is 42.6 Å². The zero-order valence-corrected chi connectivity index (χ0v) is 14.3. The van der Waals surface area contributed by atoms with Crippen molar-refractivity contribution in [3.8, 4) is 0 Å². The molecule has 5 heteroatoms. The molecule has 1 saturated heterocycles. The monoisotopic (exact) mass is 321 g/mol. The molecule has 1 aliphatic heterocycles. The van der Waals surface area contributed by atoms with Crippen molar-refractivity contribution in [2.75, 3.05) is 37.0 Å². The van der Waals surface area contributed by atoms with E-state index in [0.29, 0.717) is 0 Å². The Morgan fingerprint density at radius 3 is 2.54 bits per heavy atom. The van der Waals surface area contributed by atoms with E-state index in [1.54, 1.807) is 0 Å². The molecule has 1 aromatic carbocycles. The van der Waals surface area contributed by atoms with Crippen LogP contribution in [0.25, 0.3) is 11.2 Å². The lowest BCUT2D eigenvalue weighted by molar-refractivity contribution is 0.775. The third-order valence-corrected chi connectivity index (χ3v) is 4.66. The van der Waals surface area contributed by atoms with Gasteiger partial charge in [-0.3, -0.25) is 0 Å². The maximum absolute atomic E-state index is 4.85. The molecule has 0 bridgehead atoms. The summed E-state index contributed by atoms with van der Waals surface area (Å²) < 4.78 is 2.32. The molecule has 124 valence electrons. The van der Waals surface area contributed by atoms with Crippen molar-refractivity contribution in [2.45, 2.75) is 19.4 Å².